The molecule has 186 valence electrons. The molecule has 0 saturated heterocycles. The third-order valence-corrected chi connectivity index (χ3v) is 7.36. The number of halogens is 4. The molecule has 0 bridgehead atoms. The molecular weight excluding hydrogens is 494 g/mol. The van der Waals surface area contributed by atoms with Crippen molar-refractivity contribution in [1.82, 2.24) is 14.3 Å². The number of hydrogen-bond donors (Lipinski definition) is 0. The zero-order chi connectivity index (χ0) is 25.7. The molecule has 0 radical (unpaired) electrons. The van der Waals surface area contributed by atoms with E-state index in [1.165, 1.54) is 36.4 Å². The van der Waals surface area contributed by atoms with Crippen molar-refractivity contribution in [3.8, 4) is 22.4 Å². The molecule has 0 N–H and O–H groups in total. The van der Waals surface area contributed by atoms with Crippen molar-refractivity contribution in [2.75, 3.05) is 6.26 Å². The van der Waals surface area contributed by atoms with Crippen molar-refractivity contribution in [3.63, 3.8) is 0 Å². The van der Waals surface area contributed by atoms with Gasteiger partial charge in [0, 0.05) is 47.9 Å². The Kier molecular flexibility index (Phi) is 5.86. The van der Waals surface area contributed by atoms with E-state index in [1.54, 1.807) is 0 Å². The van der Waals surface area contributed by atoms with Crippen molar-refractivity contribution in [1.29, 1.82) is 0 Å². The molecule has 10 heteroatoms. The molecule has 1 unspecified atom stereocenters. The van der Waals surface area contributed by atoms with Gasteiger partial charge in [-0.1, -0.05) is 18.2 Å². The van der Waals surface area contributed by atoms with E-state index in [0.29, 0.717) is 12.0 Å². The first-order valence-electron chi connectivity index (χ1n) is 11.1. The van der Waals surface area contributed by atoms with Crippen LogP contribution in [0.1, 0.15) is 23.7 Å². The van der Waals surface area contributed by atoms with Crippen LogP contribution in [0, 0.1) is 5.82 Å². The molecule has 0 saturated carbocycles. The Morgan fingerprint density at radius 3 is 2.28 bits per heavy atom. The molecule has 1 aliphatic heterocycles. The molecular formula is C26H21F4N3O2S. The quantitative estimate of drug-likeness (QED) is 0.286. The summed E-state index contributed by atoms with van der Waals surface area (Å²) in [6.45, 7) is -0.00928. The van der Waals surface area contributed by atoms with Gasteiger partial charge in [-0.15, -0.1) is 0 Å². The van der Waals surface area contributed by atoms with E-state index >= 15 is 0 Å². The zero-order valence-corrected chi connectivity index (χ0v) is 19.9. The van der Waals surface area contributed by atoms with Crippen LogP contribution in [0.5, 0.6) is 0 Å². The number of benzene rings is 2. The normalized spacial score (nSPS) is 15.4. The molecule has 5 rings (SSSR count). The number of rotatable bonds is 6. The Morgan fingerprint density at radius 1 is 0.972 bits per heavy atom. The predicted molar refractivity (Wildman–Crippen MR) is 128 cm³/mol. The first kappa shape index (κ1) is 24.1. The molecule has 1 aliphatic rings. The lowest BCUT2D eigenvalue weighted by molar-refractivity contribution is -0.143. The van der Waals surface area contributed by atoms with E-state index in [9.17, 15) is 26.0 Å². The maximum atomic E-state index is 14.5. The lowest BCUT2D eigenvalue weighted by atomic mass is 9.98. The van der Waals surface area contributed by atoms with Gasteiger partial charge >= 0.3 is 6.18 Å². The third-order valence-electron chi connectivity index (χ3n) is 6.23. The van der Waals surface area contributed by atoms with Gasteiger partial charge in [0.05, 0.1) is 4.90 Å². The van der Waals surface area contributed by atoms with Crippen LogP contribution in [0.4, 0.5) is 17.6 Å². The Hall–Kier alpha value is -3.66. The van der Waals surface area contributed by atoms with Crippen LogP contribution in [0.25, 0.3) is 28.6 Å². The highest BCUT2D eigenvalue weighted by Crippen LogP contribution is 2.43. The number of aromatic nitrogens is 3. The van der Waals surface area contributed by atoms with Crippen molar-refractivity contribution in [3.05, 3.63) is 90.1 Å². The van der Waals surface area contributed by atoms with Crippen molar-refractivity contribution < 1.29 is 26.0 Å². The molecule has 0 fully saturated rings. The number of alkyl halides is 3. The number of nitrogens with zero attached hydrogens (tertiary/aromatic N) is 3. The molecule has 0 spiro atoms. The van der Waals surface area contributed by atoms with E-state index < -0.39 is 27.5 Å². The second kappa shape index (κ2) is 8.77. The number of allylic oxidation sites excluding steroid dienone is 1. The van der Waals surface area contributed by atoms with Crippen molar-refractivity contribution in [2.45, 2.75) is 30.0 Å². The van der Waals surface area contributed by atoms with Gasteiger partial charge in [-0.25, -0.2) is 12.8 Å². The van der Waals surface area contributed by atoms with Gasteiger partial charge < -0.3 is 4.57 Å². The fourth-order valence-electron chi connectivity index (χ4n) is 4.52. The van der Waals surface area contributed by atoms with Gasteiger partial charge in [-0.2, -0.15) is 18.3 Å². The van der Waals surface area contributed by atoms with Crippen LogP contribution < -0.4 is 0 Å². The Balaban J connectivity index is 1.63. The van der Waals surface area contributed by atoms with Crippen LogP contribution in [0.2, 0.25) is 0 Å². The minimum absolute atomic E-state index is 0.00782. The molecule has 3 heterocycles. The summed E-state index contributed by atoms with van der Waals surface area (Å²) in [5.41, 5.74) is 0.393. The average molecular weight is 516 g/mol. The van der Waals surface area contributed by atoms with Crippen LogP contribution in [-0.2, 0) is 22.6 Å². The smallest absolute Gasteiger partial charge is 0.327 e. The summed E-state index contributed by atoms with van der Waals surface area (Å²) >= 11 is 0. The number of fused-ring (bicyclic) bond motifs is 1. The van der Waals surface area contributed by atoms with Gasteiger partial charge in [0.15, 0.2) is 15.5 Å². The highest BCUT2D eigenvalue weighted by molar-refractivity contribution is 7.90. The third kappa shape index (κ3) is 4.48. The lowest BCUT2D eigenvalue weighted by Gasteiger charge is -2.15. The summed E-state index contributed by atoms with van der Waals surface area (Å²) in [5.74, 6) is -0.582. The Bertz CT molecular complexity index is 1550. The summed E-state index contributed by atoms with van der Waals surface area (Å²) in [5, 5.41) is 4.35. The van der Waals surface area contributed by atoms with E-state index in [2.05, 4.69) is 5.10 Å². The summed E-state index contributed by atoms with van der Waals surface area (Å²) in [6, 6.07) is 14.1. The first-order valence-corrected chi connectivity index (χ1v) is 13.0. The molecule has 2 aromatic heterocycles. The largest absolute Gasteiger partial charge is 0.433 e. The van der Waals surface area contributed by atoms with Gasteiger partial charge in [-0.05, 0) is 60.5 Å². The van der Waals surface area contributed by atoms with Crippen LogP contribution in [0.15, 0.2) is 77.8 Å². The number of aryl methyl sites for hydroxylation is 1. The maximum Gasteiger partial charge on any atom is 0.433 e. The summed E-state index contributed by atoms with van der Waals surface area (Å²) in [4.78, 5) is -0.00782. The molecule has 36 heavy (non-hydrogen) atoms. The molecule has 0 aliphatic carbocycles. The molecule has 2 aromatic carbocycles. The van der Waals surface area contributed by atoms with Gasteiger partial charge in [0.1, 0.15) is 11.5 Å². The number of sulfone groups is 1. The van der Waals surface area contributed by atoms with Crippen LogP contribution in [0.3, 0.4) is 0 Å². The molecule has 4 aromatic rings. The standard InChI is InChI=1S/C26H21F4N3O2S/c1-36(34,35)21-10-6-18(7-11-21)23-24(19-4-8-20(27)9-5-19)31-33(25(23)26(28,29)30)16-13-17-12-15-32-14-2-3-22(17)32/h2-12,14-15,17H,13,16H2,1H3. The van der Waals surface area contributed by atoms with Crippen LogP contribution in [-0.4, -0.2) is 29.0 Å². The first-order chi connectivity index (χ1) is 17.0. The second-order valence-electron chi connectivity index (χ2n) is 8.67. The lowest BCUT2D eigenvalue weighted by Crippen LogP contribution is -2.17. The van der Waals surface area contributed by atoms with Gasteiger partial charge in [-0.3, -0.25) is 4.68 Å². The minimum Gasteiger partial charge on any atom is -0.327 e. The topological polar surface area (TPSA) is 56.9 Å². The van der Waals surface area contributed by atoms with Crippen molar-refractivity contribution >= 4 is 16.0 Å². The predicted octanol–water partition coefficient (Wildman–Crippen LogP) is 6.24. The highest BCUT2D eigenvalue weighted by Gasteiger charge is 2.40. The fourth-order valence-corrected chi connectivity index (χ4v) is 5.15. The maximum absolute atomic E-state index is 14.5. The summed E-state index contributed by atoms with van der Waals surface area (Å²) in [7, 11) is -3.53. The van der Waals surface area contributed by atoms with E-state index in [4.69, 9.17) is 0 Å². The SMILES string of the molecule is CS(=O)(=O)c1ccc(-c2c(-c3ccc(F)cc3)nn(CCC3C=Cn4cccc43)c2C(F)(F)F)cc1. The summed E-state index contributed by atoms with van der Waals surface area (Å²) in [6.07, 6.45) is 2.37. The van der Waals surface area contributed by atoms with E-state index in [0.717, 1.165) is 28.8 Å². The average Bonchev–Trinajstić information content (AvgIpc) is 3.52. The summed E-state index contributed by atoms with van der Waals surface area (Å²) < 4.78 is 83.7. The fraction of sp³-hybridized carbons (Fsp3) is 0.192. The Morgan fingerprint density at radius 2 is 1.64 bits per heavy atom. The highest BCUT2D eigenvalue weighted by atomic mass is 32.2. The van der Waals surface area contributed by atoms with E-state index in [1.807, 2.05) is 35.2 Å². The monoisotopic (exact) mass is 515 g/mol. The van der Waals surface area contributed by atoms with Crippen LogP contribution >= 0.6 is 0 Å². The molecule has 0 amide bonds. The van der Waals surface area contributed by atoms with Gasteiger partial charge in [0.25, 0.3) is 0 Å². The zero-order valence-electron chi connectivity index (χ0n) is 19.1. The second-order valence-corrected chi connectivity index (χ2v) is 10.7. The molecule has 1 atom stereocenters. The number of hydrogen-bond acceptors (Lipinski definition) is 3. The van der Waals surface area contributed by atoms with E-state index in [-0.39, 0.29) is 34.2 Å². The molecule has 5 nitrogen and oxygen atoms in total. The minimum atomic E-state index is -4.75. The Labute approximate surface area is 205 Å². The van der Waals surface area contributed by atoms with Crippen molar-refractivity contribution in [2.24, 2.45) is 0 Å². The van der Waals surface area contributed by atoms with Gasteiger partial charge in [0.2, 0.25) is 0 Å².